The number of hydrogen-bond donors (Lipinski definition) is 2. The Hall–Kier alpha value is -1.30. The Labute approximate surface area is 143 Å². The van der Waals surface area contributed by atoms with Crippen LogP contribution in [0.3, 0.4) is 0 Å². The molecule has 1 aliphatic rings. The molecule has 0 aromatic heterocycles. The molecular formula is C17H22IN3. The van der Waals surface area contributed by atoms with Crippen LogP contribution < -0.4 is 11.1 Å². The Balaban J connectivity index is 0.00000161. The summed E-state index contributed by atoms with van der Waals surface area (Å²) in [5.41, 5.74) is 7.09. The minimum absolute atomic E-state index is 0. The van der Waals surface area contributed by atoms with Crippen LogP contribution in [0.15, 0.2) is 47.5 Å². The van der Waals surface area contributed by atoms with Crippen LogP contribution in [-0.2, 0) is 6.54 Å². The molecule has 21 heavy (non-hydrogen) atoms. The first-order valence-electron chi connectivity index (χ1n) is 7.33. The van der Waals surface area contributed by atoms with E-state index in [9.17, 15) is 0 Å². The van der Waals surface area contributed by atoms with Gasteiger partial charge < -0.3 is 11.1 Å². The summed E-state index contributed by atoms with van der Waals surface area (Å²) in [4.78, 5) is 4.41. The topological polar surface area (TPSA) is 50.4 Å². The SMILES string of the molecule is I.NC(=NCc1ccc2ccccc2c1)NCC1CCC1. The maximum atomic E-state index is 5.90. The summed E-state index contributed by atoms with van der Waals surface area (Å²) in [6, 6.07) is 14.8. The number of hydrogen-bond acceptors (Lipinski definition) is 1. The first-order chi connectivity index (χ1) is 9.81. The average molecular weight is 395 g/mol. The first-order valence-corrected chi connectivity index (χ1v) is 7.33. The van der Waals surface area contributed by atoms with Crippen molar-refractivity contribution in [2.24, 2.45) is 16.6 Å². The minimum atomic E-state index is 0. The second kappa shape index (κ2) is 7.64. The molecule has 4 heteroatoms. The summed E-state index contributed by atoms with van der Waals surface area (Å²) in [6.07, 6.45) is 4.01. The molecule has 112 valence electrons. The van der Waals surface area contributed by atoms with E-state index < -0.39 is 0 Å². The Morgan fingerprint density at radius 2 is 1.90 bits per heavy atom. The number of rotatable bonds is 4. The van der Waals surface area contributed by atoms with Gasteiger partial charge in [0.15, 0.2) is 5.96 Å². The summed E-state index contributed by atoms with van der Waals surface area (Å²) >= 11 is 0. The summed E-state index contributed by atoms with van der Waals surface area (Å²) in [5, 5.41) is 5.73. The maximum Gasteiger partial charge on any atom is 0.188 e. The molecule has 3 N–H and O–H groups in total. The third kappa shape index (κ3) is 4.33. The zero-order chi connectivity index (χ0) is 13.8. The molecular weight excluding hydrogens is 373 g/mol. The van der Waals surface area contributed by atoms with E-state index in [1.165, 1.54) is 35.6 Å². The quantitative estimate of drug-likeness (QED) is 0.472. The highest BCUT2D eigenvalue weighted by Crippen LogP contribution is 2.25. The van der Waals surface area contributed by atoms with Crippen LogP contribution >= 0.6 is 24.0 Å². The molecule has 0 atom stereocenters. The van der Waals surface area contributed by atoms with E-state index in [1.54, 1.807) is 0 Å². The van der Waals surface area contributed by atoms with Gasteiger partial charge in [0.1, 0.15) is 0 Å². The van der Waals surface area contributed by atoms with Crippen molar-refractivity contribution >= 4 is 40.7 Å². The summed E-state index contributed by atoms with van der Waals surface area (Å²) in [5.74, 6) is 1.36. The average Bonchev–Trinajstić information content (AvgIpc) is 2.43. The highest BCUT2D eigenvalue weighted by atomic mass is 127. The number of benzene rings is 2. The predicted octanol–water partition coefficient (Wildman–Crippen LogP) is 3.66. The first kappa shape index (κ1) is 16.1. The number of nitrogens with one attached hydrogen (secondary N) is 1. The van der Waals surface area contributed by atoms with Crippen molar-refractivity contribution in [1.82, 2.24) is 5.32 Å². The van der Waals surface area contributed by atoms with Gasteiger partial charge in [-0.05, 0) is 41.2 Å². The van der Waals surface area contributed by atoms with Gasteiger partial charge in [0.05, 0.1) is 6.54 Å². The smallest absolute Gasteiger partial charge is 0.188 e. The number of aliphatic imine (C=N–C) groups is 1. The van der Waals surface area contributed by atoms with Crippen molar-refractivity contribution in [3.63, 3.8) is 0 Å². The maximum absolute atomic E-state index is 5.90. The van der Waals surface area contributed by atoms with Crippen molar-refractivity contribution in [2.75, 3.05) is 6.54 Å². The van der Waals surface area contributed by atoms with Crippen LogP contribution in [0.2, 0.25) is 0 Å². The molecule has 1 saturated carbocycles. The lowest BCUT2D eigenvalue weighted by molar-refractivity contribution is 0.315. The molecule has 1 fully saturated rings. The van der Waals surface area contributed by atoms with Crippen molar-refractivity contribution in [3.8, 4) is 0 Å². The van der Waals surface area contributed by atoms with Crippen LogP contribution in [0.1, 0.15) is 24.8 Å². The molecule has 3 rings (SSSR count). The standard InChI is InChI=1S/C17H21N3.HI/c18-17(19-11-13-4-3-5-13)20-12-14-8-9-15-6-1-2-7-16(15)10-14;/h1-2,6-10,13H,3-5,11-12H2,(H3,18,19,20);1H. The zero-order valence-electron chi connectivity index (χ0n) is 12.1. The van der Waals surface area contributed by atoms with Crippen LogP contribution in [0.5, 0.6) is 0 Å². The van der Waals surface area contributed by atoms with Gasteiger partial charge in [-0.2, -0.15) is 0 Å². The number of halogens is 1. The fraction of sp³-hybridized carbons (Fsp3) is 0.353. The van der Waals surface area contributed by atoms with Gasteiger partial charge in [-0.25, -0.2) is 4.99 Å². The van der Waals surface area contributed by atoms with E-state index in [4.69, 9.17) is 5.73 Å². The molecule has 3 nitrogen and oxygen atoms in total. The largest absolute Gasteiger partial charge is 0.370 e. The lowest BCUT2D eigenvalue weighted by Crippen LogP contribution is -2.37. The second-order valence-electron chi connectivity index (χ2n) is 5.56. The molecule has 0 spiro atoms. The molecule has 2 aromatic carbocycles. The number of nitrogens with two attached hydrogens (primary N) is 1. The Morgan fingerprint density at radius 1 is 1.14 bits per heavy atom. The molecule has 0 bridgehead atoms. The van der Waals surface area contributed by atoms with E-state index in [2.05, 4.69) is 52.8 Å². The van der Waals surface area contributed by atoms with E-state index in [1.807, 2.05) is 0 Å². The lowest BCUT2D eigenvalue weighted by atomic mass is 9.85. The van der Waals surface area contributed by atoms with Crippen molar-refractivity contribution in [1.29, 1.82) is 0 Å². The van der Waals surface area contributed by atoms with Gasteiger partial charge >= 0.3 is 0 Å². The minimum Gasteiger partial charge on any atom is -0.370 e. The third-order valence-corrected chi connectivity index (χ3v) is 4.04. The number of fused-ring (bicyclic) bond motifs is 1. The number of nitrogens with zero attached hydrogens (tertiary/aromatic N) is 1. The Bertz CT molecular complexity index is 620. The molecule has 1 aliphatic carbocycles. The lowest BCUT2D eigenvalue weighted by Gasteiger charge is -2.25. The van der Waals surface area contributed by atoms with Gasteiger partial charge in [0, 0.05) is 6.54 Å². The van der Waals surface area contributed by atoms with Crippen LogP contribution in [-0.4, -0.2) is 12.5 Å². The van der Waals surface area contributed by atoms with E-state index >= 15 is 0 Å². The highest BCUT2D eigenvalue weighted by Gasteiger charge is 2.16. The predicted molar refractivity (Wildman–Crippen MR) is 100 cm³/mol. The summed E-state index contributed by atoms with van der Waals surface area (Å²) in [6.45, 7) is 1.60. The van der Waals surface area contributed by atoms with Gasteiger partial charge in [0.25, 0.3) is 0 Å². The molecule has 0 unspecified atom stereocenters. The van der Waals surface area contributed by atoms with Gasteiger partial charge in [-0.3, -0.25) is 0 Å². The van der Waals surface area contributed by atoms with E-state index in [0.29, 0.717) is 12.5 Å². The molecule has 2 aromatic rings. The highest BCUT2D eigenvalue weighted by molar-refractivity contribution is 14.0. The third-order valence-electron chi connectivity index (χ3n) is 4.04. The van der Waals surface area contributed by atoms with Crippen LogP contribution in [0, 0.1) is 5.92 Å². The monoisotopic (exact) mass is 395 g/mol. The fourth-order valence-corrected chi connectivity index (χ4v) is 2.52. The van der Waals surface area contributed by atoms with Crippen LogP contribution in [0.25, 0.3) is 10.8 Å². The van der Waals surface area contributed by atoms with E-state index in [0.717, 1.165) is 12.5 Å². The fourth-order valence-electron chi connectivity index (χ4n) is 2.52. The van der Waals surface area contributed by atoms with Crippen molar-refractivity contribution in [2.45, 2.75) is 25.8 Å². The van der Waals surface area contributed by atoms with Crippen LogP contribution in [0.4, 0.5) is 0 Å². The Kier molecular flexibility index (Phi) is 5.85. The zero-order valence-corrected chi connectivity index (χ0v) is 14.4. The van der Waals surface area contributed by atoms with E-state index in [-0.39, 0.29) is 24.0 Å². The molecule has 0 radical (unpaired) electrons. The molecule has 0 saturated heterocycles. The number of guanidine groups is 1. The molecule has 0 heterocycles. The summed E-state index contributed by atoms with van der Waals surface area (Å²) in [7, 11) is 0. The normalized spacial score (nSPS) is 15.3. The molecule has 0 amide bonds. The summed E-state index contributed by atoms with van der Waals surface area (Å²) < 4.78 is 0. The van der Waals surface area contributed by atoms with Gasteiger partial charge in [-0.15, -0.1) is 24.0 Å². The van der Waals surface area contributed by atoms with Gasteiger partial charge in [-0.1, -0.05) is 42.8 Å². The Morgan fingerprint density at radius 3 is 2.62 bits per heavy atom. The van der Waals surface area contributed by atoms with Gasteiger partial charge in [0.2, 0.25) is 0 Å². The second-order valence-corrected chi connectivity index (χ2v) is 5.56. The van der Waals surface area contributed by atoms with Crippen molar-refractivity contribution in [3.05, 3.63) is 48.0 Å². The van der Waals surface area contributed by atoms with Crippen molar-refractivity contribution < 1.29 is 0 Å². The molecule has 0 aliphatic heterocycles.